The fourth-order valence-corrected chi connectivity index (χ4v) is 3.14. The van der Waals surface area contributed by atoms with Crippen LogP contribution in [-0.2, 0) is 15.3 Å². The van der Waals surface area contributed by atoms with Gasteiger partial charge in [-0.25, -0.2) is 9.50 Å². The normalized spacial score (nSPS) is 33.9. The molecule has 2 aromatic rings. The number of aliphatic hydroxyl groups excluding tert-OH is 2. The lowest BCUT2D eigenvalue weighted by atomic mass is 9.76. The number of nitrogen functional groups attached to an aromatic ring is 1. The average molecular weight is 319 g/mol. The molecule has 0 spiro atoms. The van der Waals surface area contributed by atoms with Crippen molar-refractivity contribution in [2.45, 2.75) is 24.9 Å². The van der Waals surface area contributed by atoms with E-state index in [4.69, 9.17) is 15.2 Å². The van der Waals surface area contributed by atoms with Crippen LogP contribution in [0.5, 0.6) is 0 Å². The number of hydrogen-bond donors (Lipinski definition) is 3. The van der Waals surface area contributed by atoms with Crippen LogP contribution >= 0.6 is 0 Å². The molecule has 122 valence electrons. The number of methoxy groups -OCH3 is 1. The Balaban J connectivity index is 2.28. The number of ether oxygens (including phenoxy) is 2. The van der Waals surface area contributed by atoms with Crippen LogP contribution in [0, 0.1) is 16.7 Å². The van der Waals surface area contributed by atoms with Gasteiger partial charge in [0, 0.05) is 7.11 Å². The predicted octanol–water partition coefficient (Wildman–Crippen LogP) is -0.607. The minimum atomic E-state index is -1.62. The third kappa shape index (κ3) is 1.80. The van der Waals surface area contributed by atoms with Crippen molar-refractivity contribution in [3.63, 3.8) is 0 Å². The molecule has 0 saturated carbocycles. The summed E-state index contributed by atoms with van der Waals surface area (Å²) < 4.78 is 12.8. The van der Waals surface area contributed by atoms with E-state index >= 15 is 0 Å². The number of nitrogens with zero attached hydrogens (tertiary/aromatic N) is 4. The maximum atomic E-state index is 10.4. The van der Waals surface area contributed by atoms with E-state index in [1.54, 1.807) is 12.1 Å². The summed E-state index contributed by atoms with van der Waals surface area (Å²) in [5.74, 6) is -1.37. The van der Waals surface area contributed by atoms with Crippen LogP contribution in [0.2, 0.25) is 0 Å². The zero-order valence-corrected chi connectivity index (χ0v) is 12.7. The highest BCUT2D eigenvalue weighted by atomic mass is 16.7. The van der Waals surface area contributed by atoms with Crippen LogP contribution in [0.25, 0.3) is 5.52 Å². The molecule has 1 aliphatic rings. The number of anilines is 1. The minimum absolute atomic E-state index is 0.258. The highest BCUT2D eigenvalue weighted by Gasteiger charge is 2.66. The molecule has 0 radical (unpaired) electrons. The van der Waals surface area contributed by atoms with Crippen molar-refractivity contribution in [3.05, 3.63) is 24.2 Å². The van der Waals surface area contributed by atoms with Gasteiger partial charge in [0.2, 0.25) is 5.79 Å². The Morgan fingerprint density at radius 2 is 2.30 bits per heavy atom. The summed E-state index contributed by atoms with van der Waals surface area (Å²) in [6.07, 6.45) is -0.945. The highest BCUT2D eigenvalue weighted by Crippen LogP contribution is 2.53. The Bertz CT molecular complexity index is 787. The molecule has 3 rings (SSSR count). The zero-order valence-electron chi connectivity index (χ0n) is 12.7. The molecular weight excluding hydrogens is 302 g/mol. The second kappa shape index (κ2) is 5.14. The van der Waals surface area contributed by atoms with E-state index in [-0.39, 0.29) is 5.82 Å². The zero-order chi connectivity index (χ0) is 16.8. The monoisotopic (exact) mass is 319 g/mol. The molecule has 4 unspecified atom stereocenters. The SMILES string of the molecule is COC1(c2ccc3c(N)ncnn23)OC(CO)C(O)C1(C)C#N. The van der Waals surface area contributed by atoms with Gasteiger partial charge in [-0.2, -0.15) is 10.4 Å². The Morgan fingerprint density at radius 1 is 1.57 bits per heavy atom. The molecule has 0 amide bonds. The van der Waals surface area contributed by atoms with Crippen LogP contribution in [-0.4, -0.2) is 50.7 Å². The maximum absolute atomic E-state index is 10.4. The van der Waals surface area contributed by atoms with Crippen LogP contribution < -0.4 is 5.73 Å². The van der Waals surface area contributed by atoms with E-state index in [1.165, 1.54) is 24.9 Å². The summed E-state index contributed by atoms with van der Waals surface area (Å²) in [7, 11) is 1.37. The Kier molecular flexibility index (Phi) is 3.50. The van der Waals surface area contributed by atoms with Crippen molar-refractivity contribution >= 4 is 11.3 Å². The fourth-order valence-electron chi connectivity index (χ4n) is 3.14. The number of hydrogen-bond acceptors (Lipinski definition) is 8. The van der Waals surface area contributed by atoms with Crippen molar-refractivity contribution in [1.82, 2.24) is 14.6 Å². The van der Waals surface area contributed by atoms with E-state index in [9.17, 15) is 15.5 Å². The lowest BCUT2D eigenvalue weighted by Crippen LogP contribution is -2.47. The minimum Gasteiger partial charge on any atom is -0.394 e. The first kappa shape index (κ1) is 15.6. The van der Waals surface area contributed by atoms with E-state index in [1.807, 2.05) is 0 Å². The number of fused-ring (bicyclic) bond motifs is 1. The smallest absolute Gasteiger partial charge is 0.234 e. The number of rotatable bonds is 3. The van der Waals surface area contributed by atoms with Gasteiger partial charge in [0.1, 0.15) is 35.2 Å². The number of nitrogens with two attached hydrogens (primary N) is 1. The summed E-state index contributed by atoms with van der Waals surface area (Å²) in [5.41, 5.74) is 5.25. The molecule has 1 saturated heterocycles. The molecule has 4 N–H and O–H groups in total. The highest BCUT2D eigenvalue weighted by molar-refractivity contribution is 5.65. The molecule has 9 nitrogen and oxygen atoms in total. The van der Waals surface area contributed by atoms with Gasteiger partial charge in [-0.05, 0) is 19.1 Å². The summed E-state index contributed by atoms with van der Waals surface area (Å²) in [6.45, 7) is 1.06. The molecule has 3 heterocycles. The van der Waals surface area contributed by atoms with Crippen molar-refractivity contribution in [1.29, 1.82) is 5.26 Å². The molecule has 0 bridgehead atoms. The average Bonchev–Trinajstić information content (AvgIpc) is 3.09. The summed E-state index contributed by atoms with van der Waals surface area (Å²) >= 11 is 0. The van der Waals surface area contributed by atoms with Gasteiger partial charge in [0.05, 0.1) is 12.7 Å². The van der Waals surface area contributed by atoms with E-state index in [0.29, 0.717) is 11.2 Å². The topological polar surface area (TPSA) is 139 Å². The third-order valence-electron chi connectivity index (χ3n) is 4.46. The van der Waals surface area contributed by atoms with Gasteiger partial charge in [-0.15, -0.1) is 0 Å². The fraction of sp³-hybridized carbons (Fsp3) is 0.500. The van der Waals surface area contributed by atoms with Crippen molar-refractivity contribution < 1.29 is 19.7 Å². The molecular formula is C14H17N5O4. The van der Waals surface area contributed by atoms with Gasteiger partial charge in [-0.3, -0.25) is 0 Å². The second-order valence-electron chi connectivity index (χ2n) is 5.58. The van der Waals surface area contributed by atoms with Gasteiger partial charge < -0.3 is 25.4 Å². The number of nitriles is 1. The maximum Gasteiger partial charge on any atom is 0.234 e. The van der Waals surface area contributed by atoms with Crippen LogP contribution in [0.4, 0.5) is 5.82 Å². The summed E-state index contributed by atoms with van der Waals surface area (Å²) in [6, 6.07) is 5.38. The van der Waals surface area contributed by atoms with E-state index in [0.717, 1.165) is 0 Å². The van der Waals surface area contributed by atoms with E-state index < -0.39 is 30.0 Å². The van der Waals surface area contributed by atoms with Crippen LogP contribution in [0.15, 0.2) is 18.5 Å². The second-order valence-corrected chi connectivity index (χ2v) is 5.58. The van der Waals surface area contributed by atoms with E-state index in [2.05, 4.69) is 16.2 Å². The molecule has 2 aromatic heterocycles. The standard InChI is InChI=1S/C14H17N5O4/c1-13(6-15)11(21)9(5-20)23-14(13,22-2)10-4-3-8-12(16)17-7-18-19(8)10/h3-4,7,9,11,20-21H,5H2,1-2H3,(H2,16,17,18). The first-order chi connectivity index (χ1) is 10.9. The lowest BCUT2D eigenvalue weighted by Gasteiger charge is -2.36. The molecule has 9 heteroatoms. The molecule has 23 heavy (non-hydrogen) atoms. The van der Waals surface area contributed by atoms with Crippen molar-refractivity contribution in [3.8, 4) is 6.07 Å². The molecule has 1 aliphatic heterocycles. The largest absolute Gasteiger partial charge is 0.394 e. The third-order valence-corrected chi connectivity index (χ3v) is 4.46. The van der Waals surface area contributed by atoms with Crippen molar-refractivity contribution in [2.75, 3.05) is 19.5 Å². The first-order valence-corrected chi connectivity index (χ1v) is 6.97. The van der Waals surface area contributed by atoms with Gasteiger partial charge >= 0.3 is 0 Å². The van der Waals surface area contributed by atoms with Gasteiger partial charge in [-0.1, -0.05) is 0 Å². The first-order valence-electron chi connectivity index (χ1n) is 6.97. The van der Waals surface area contributed by atoms with Crippen LogP contribution in [0.1, 0.15) is 12.6 Å². The predicted molar refractivity (Wildman–Crippen MR) is 77.8 cm³/mol. The molecule has 0 aliphatic carbocycles. The Labute approximate surface area is 131 Å². The summed E-state index contributed by atoms with van der Waals surface area (Å²) in [4.78, 5) is 3.91. The number of aliphatic hydroxyl groups is 2. The molecule has 4 atom stereocenters. The lowest BCUT2D eigenvalue weighted by molar-refractivity contribution is -0.259. The van der Waals surface area contributed by atoms with Gasteiger partial charge in [0.15, 0.2) is 5.82 Å². The molecule has 1 fully saturated rings. The Morgan fingerprint density at radius 3 is 2.91 bits per heavy atom. The van der Waals surface area contributed by atoms with Crippen molar-refractivity contribution in [2.24, 2.45) is 5.41 Å². The number of aromatic nitrogens is 3. The quantitative estimate of drug-likeness (QED) is 0.681. The Hall–Kier alpha value is -2.25. The van der Waals surface area contributed by atoms with Gasteiger partial charge in [0.25, 0.3) is 0 Å². The molecule has 0 aromatic carbocycles. The van der Waals surface area contributed by atoms with Crippen LogP contribution in [0.3, 0.4) is 0 Å². The summed E-state index contributed by atoms with van der Waals surface area (Å²) in [5, 5.41) is 33.7.